The van der Waals surface area contributed by atoms with Gasteiger partial charge in [0.2, 0.25) is 5.91 Å². The summed E-state index contributed by atoms with van der Waals surface area (Å²) >= 11 is 3.67. The van der Waals surface area contributed by atoms with E-state index >= 15 is 0 Å². The van der Waals surface area contributed by atoms with Crippen LogP contribution in [0.5, 0.6) is 0 Å². The van der Waals surface area contributed by atoms with Crippen molar-refractivity contribution in [1.29, 1.82) is 0 Å². The maximum absolute atomic E-state index is 12.6. The van der Waals surface area contributed by atoms with E-state index in [9.17, 15) is 4.79 Å². The summed E-state index contributed by atoms with van der Waals surface area (Å²) in [7, 11) is 0. The van der Waals surface area contributed by atoms with E-state index in [0.717, 1.165) is 60.5 Å². The molecular weight excluding hydrogens is 464 g/mol. The summed E-state index contributed by atoms with van der Waals surface area (Å²) in [6.45, 7) is 4.95. The summed E-state index contributed by atoms with van der Waals surface area (Å²) in [5, 5.41) is 3.30. The number of nitrogens with one attached hydrogen (secondary N) is 1. The van der Waals surface area contributed by atoms with Crippen molar-refractivity contribution in [1.82, 2.24) is 20.2 Å². The van der Waals surface area contributed by atoms with Gasteiger partial charge in [-0.15, -0.1) is 0 Å². The van der Waals surface area contributed by atoms with Gasteiger partial charge in [0.1, 0.15) is 5.82 Å². The molecule has 5 nitrogen and oxygen atoms in total. The van der Waals surface area contributed by atoms with Crippen LogP contribution in [0, 0.1) is 18.8 Å². The second kappa shape index (κ2) is 9.60. The molecule has 1 saturated carbocycles. The summed E-state index contributed by atoms with van der Waals surface area (Å²) in [5.74, 6) is 2.43. The largest absolute Gasteiger partial charge is 0.354 e. The van der Waals surface area contributed by atoms with Crippen LogP contribution >= 0.6 is 15.9 Å². The van der Waals surface area contributed by atoms with Gasteiger partial charge in [-0.05, 0) is 57.2 Å². The Labute approximate surface area is 199 Å². The predicted molar refractivity (Wildman–Crippen MR) is 130 cm³/mol. The number of carbonyl (C=O) groups excluding carboxylic acids is 1. The highest BCUT2D eigenvalue weighted by molar-refractivity contribution is 9.10. The standard InChI is InChI=1S/C26H33BrN4O/c1-17-29-24(21-9-5-6-10-23(21)27)14-25(30-17)22-16-31-12-11-19(22)13-20(31)15-28-26(32)18-7-3-2-4-8-18/h5-6,9-10,14,18-20,22H,2-4,7-8,11-13,15-16H2,1H3,(H,28,32). The molecule has 32 heavy (non-hydrogen) atoms. The molecule has 1 amide bonds. The minimum Gasteiger partial charge on any atom is -0.354 e. The first-order valence-corrected chi connectivity index (χ1v) is 13.0. The highest BCUT2D eigenvalue weighted by atomic mass is 79.9. The van der Waals surface area contributed by atoms with Crippen molar-refractivity contribution < 1.29 is 4.79 Å². The highest BCUT2D eigenvalue weighted by Crippen LogP contribution is 2.42. The monoisotopic (exact) mass is 496 g/mol. The zero-order valence-corrected chi connectivity index (χ0v) is 20.5. The maximum Gasteiger partial charge on any atom is 0.223 e. The van der Waals surface area contributed by atoms with Gasteiger partial charge in [0, 0.05) is 46.7 Å². The minimum atomic E-state index is 0.243. The molecule has 4 atom stereocenters. The lowest BCUT2D eigenvalue weighted by molar-refractivity contribution is -0.126. The van der Waals surface area contributed by atoms with Gasteiger partial charge in [0.25, 0.3) is 0 Å². The van der Waals surface area contributed by atoms with Crippen LogP contribution in [0.3, 0.4) is 0 Å². The zero-order valence-electron chi connectivity index (χ0n) is 18.9. The van der Waals surface area contributed by atoms with Gasteiger partial charge in [-0.1, -0.05) is 53.4 Å². The number of amides is 1. The molecule has 1 N–H and O–H groups in total. The van der Waals surface area contributed by atoms with Crippen LogP contribution in [0.15, 0.2) is 34.8 Å². The summed E-state index contributed by atoms with van der Waals surface area (Å²) in [4.78, 5) is 24.8. The van der Waals surface area contributed by atoms with Crippen LogP contribution in [0.25, 0.3) is 11.3 Å². The topological polar surface area (TPSA) is 58.1 Å². The molecule has 3 aliphatic heterocycles. The molecule has 4 fully saturated rings. The van der Waals surface area contributed by atoms with Gasteiger partial charge < -0.3 is 5.32 Å². The summed E-state index contributed by atoms with van der Waals surface area (Å²) in [6.07, 6.45) is 8.19. The van der Waals surface area contributed by atoms with Gasteiger partial charge in [0.05, 0.1) is 5.69 Å². The summed E-state index contributed by atoms with van der Waals surface area (Å²) in [6, 6.07) is 10.9. The van der Waals surface area contributed by atoms with E-state index in [1.165, 1.54) is 31.4 Å². The number of rotatable bonds is 5. The van der Waals surface area contributed by atoms with Gasteiger partial charge in [-0.2, -0.15) is 0 Å². The average Bonchev–Trinajstić information content (AvgIpc) is 2.83. The molecule has 4 unspecified atom stereocenters. The predicted octanol–water partition coefficient (Wildman–Crippen LogP) is 5.09. The SMILES string of the molecule is Cc1nc(-c2ccccc2Br)cc(C2CN3CCC2CC3CNC(=O)C2CCCCC2)n1. The Hall–Kier alpha value is -1.79. The average molecular weight is 497 g/mol. The molecule has 1 aromatic heterocycles. The van der Waals surface area contributed by atoms with E-state index < -0.39 is 0 Å². The van der Waals surface area contributed by atoms with Crippen molar-refractivity contribution in [3.8, 4) is 11.3 Å². The molecule has 2 bridgehead atoms. The lowest BCUT2D eigenvalue weighted by Crippen LogP contribution is -2.56. The smallest absolute Gasteiger partial charge is 0.223 e. The molecule has 6 heteroatoms. The van der Waals surface area contributed by atoms with Gasteiger partial charge in [-0.3, -0.25) is 9.69 Å². The van der Waals surface area contributed by atoms with Crippen molar-refractivity contribution in [3.05, 3.63) is 46.3 Å². The molecule has 0 radical (unpaired) electrons. The van der Waals surface area contributed by atoms with Crippen molar-refractivity contribution in [2.45, 2.75) is 63.8 Å². The van der Waals surface area contributed by atoms with Gasteiger partial charge in [-0.25, -0.2) is 9.97 Å². The normalized spacial score (nSPS) is 27.9. The molecule has 3 saturated heterocycles. The fourth-order valence-electron chi connectivity index (χ4n) is 6.00. The number of nitrogens with zero attached hydrogens (tertiary/aromatic N) is 3. The Balaban J connectivity index is 1.27. The van der Waals surface area contributed by atoms with E-state index in [1.807, 2.05) is 13.0 Å². The number of fused-ring (bicyclic) bond motifs is 3. The maximum atomic E-state index is 12.6. The van der Waals surface area contributed by atoms with Crippen molar-refractivity contribution in [2.75, 3.05) is 19.6 Å². The lowest BCUT2D eigenvalue weighted by atomic mass is 9.74. The fourth-order valence-corrected chi connectivity index (χ4v) is 6.49. The molecular formula is C26H33BrN4O. The second-order valence-corrected chi connectivity index (χ2v) is 10.7. The van der Waals surface area contributed by atoms with Crippen molar-refractivity contribution >= 4 is 21.8 Å². The Morgan fingerprint density at radius 2 is 1.97 bits per heavy atom. The van der Waals surface area contributed by atoms with Gasteiger partial charge in [0.15, 0.2) is 0 Å². The van der Waals surface area contributed by atoms with Crippen molar-refractivity contribution in [2.24, 2.45) is 11.8 Å². The van der Waals surface area contributed by atoms with E-state index in [0.29, 0.717) is 17.9 Å². The van der Waals surface area contributed by atoms with Crippen LogP contribution in [-0.2, 0) is 4.79 Å². The van der Waals surface area contributed by atoms with Gasteiger partial charge >= 0.3 is 0 Å². The number of benzene rings is 1. The van der Waals surface area contributed by atoms with Crippen LogP contribution in [0.2, 0.25) is 0 Å². The molecule has 170 valence electrons. The van der Waals surface area contributed by atoms with Crippen LogP contribution in [0.4, 0.5) is 0 Å². The quantitative estimate of drug-likeness (QED) is 0.626. The molecule has 4 aliphatic rings. The molecule has 4 heterocycles. The number of hydrogen-bond acceptors (Lipinski definition) is 4. The Bertz CT molecular complexity index is 974. The zero-order chi connectivity index (χ0) is 22.1. The number of aromatic nitrogens is 2. The van der Waals surface area contributed by atoms with E-state index in [-0.39, 0.29) is 11.8 Å². The fraction of sp³-hybridized carbons (Fsp3) is 0.577. The first-order valence-electron chi connectivity index (χ1n) is 12.2. The lowest BCUT2D eigenvalue weighted by Gasteiger charge is -2.49. The van der Waals surface area contributed by atoms with E-state index in [4.69, 9.17) is 9.97 Å². The minimum absolute atomic E-state index is 0.243. The van der Waals surface area contributed by atoms with E-state index in [1.54, 1.807) is 0 Å². The number of aryl methyl sites for hydroxylation is 1. The molecule has 1 aromatic carbocycles. The Kier molecular flexibility index (Phi) is 6.61. The number of carbonyl (C=O) groups is 1. The highest BCUT2D eigenvalue weighted by Gasteiger charge is 2.41. The third-order valence-electron chi connectivity index (χ3n) is 7.75. The first-order chi connectivity index (χ1) is 15.6. The number of hydrogen-bond donors (Lipinski definition) is 1. The molecule has 2 aromatic rings. The summed E-state index contributed by atoms with van der Waals surface area (Å²) < 4.78 is 1.06. The number of halogens is 1. The third kappa shape index (κ3) is 4.62. The van der Waals surface area contributed by atoms with Crippen LogP contribution < -0.4 is 5.32 Å². The van der Waals surface area contributed by atoms with Crippen molar-refractivity contribution in [3.63, 3.8) is 0 Å². The second-order valence-electron chi connectivity index (χ2n) is 9.82. The first kappa shape index (κ1) is 22.0. The van der Waals surface area contributed by atoms with E-state index in [2.05, 4.69) is 50.4 Å². The molecule has 1 aliphatic carbocycles. The van der Waals surface area contributed by atoms with Crippen LogP contribution in [-0.4, -0.2) is 46.5 Å². The van der Waals surface area contributed by atoms with Crippen LogP contribution in [0.1, 0.15) is 62.4 Å². The Morgan fingerprint density at radius 3 is 2.72 bits per heavy atom. The third-order valence-corrected chi connectivity index (χ3v) is 8.45. The number of piperidine rings is 3. The Morgan fingerprint density at radius 1 is 1.16 bits per heavy atom. The molecule has 0 spiro atoms. The molecule has 6 rings (SSSR count). The summed E-state index contributed by atoms with van der Waals surface area (Å²) in [5.41, 5.74) is 3.28.